The number of aryl methyl sites for hydroxylation is 2. The molecule has 0 fully saturated rings. The average Bonchev–Trinajstić information content (AvgIpc) is 2.99. The third kappa shape index (κ3) is 2.54. The molecule has 4 rings (SSSR count). The van der Waals surface area contributed by atoms with E-state index in [-0.39, 0.29) is 5.56 Å². The van der Waals surface area contributed by atoms with Crippen molar-refractivity contribution in [2.45, 2.75) is 13.8 Å². The molecule has 0 N–H and O–H groups in total. The molecule has 26 heavy (non-hydrogen) atoms. The molecular weight excluding hydrogens is 348 g/mol. The molecule has 5 nitrogen and oxygen atoms in total. The maximum atomic E-state index is 12.8. The van der Waals surface area contributed by atoms with E-state index in [1.54, 1.807) is 24.7 Å². The minimum atomic E-state index is -0.0997. The molecular formula is C20H18N2O3S. The van der Waals surface area contributed by atoms with Crippen LogP contribution in [0.3, 0.4) is 0 Å². The van der Waals surface area contributed by atoms with Gasteiger partial charge in [-0.05, 0) is 49.2 Å². The number of rotatable bonds is 3. The number of hydrogen-bond donors (Lipinski definition) is 0. The Kier molecular flexibility index (Phi) is 3.92. The van der Waals surface area contributed by atoms with Crippen molar-refractivity contribution < 1.29 is 9.47 Å². The maximum absolute atomic E-state index is 12.8. The molecule has 0 aliphatic heterocycles. The van der Waals surface area contributed by atoms with E-state index < -0.39 is 0 Å². The fourth-order valence-corrected chi connectivity index (χ4v) is 4.09. The molecule has 132 valence electrons. The van der Waals surface area contributed by atoms with Crippen molar-refractivity contribution in [3.63, 3.8) is 0 Å². The summed E-state index contributed by atoms with van der Waals surface area (Å²) in [6.45, 7) is 4.09. The Morgan fingerprint density at radius 3 is 2.50 bits per heavy atom. The fraction of sp³-hybridized carbons (Fsp3) is 0.200. The molecule has 0 aliphatic carbocycles. The highest BCUT2D eigenvalue weighted by atomic mass is 32.1. The van der Waals surface area contributed by atoms with E-state index in [9.17, 15) is 4.79 Å². The predicted molar refractivity (Wildman–Crippen MR) is 105 cm³/mol. The summed E-state index contributed by atoms with van der Waals surface area (Å²) in [4.78, 5) is 19.0. The molecule has 0 atom stereocenters. The lowest BCUT2D eigenvalue weighted by atomic mass is 10.1. The number of imidazole rings is 1. The van der Waals surface area contributed by atoms with Gasteiger partial charge in [-0.1, -0.05) is 11.3 Å². The van der Waals surface area contributed by atoms with Crippen LogP contribution in [0.2, 0.25) is 0 Å². The minimum Gasteiger partial charge on any atom is -0.497 e. The summed E-state index contributed by atoms with van der Waals surface area (Å²) in [6.07, 6.45) is 0. The van der Waals surface area contributed by atoms with Crippen LogP contribution in [-0.2, 0) is 0 Å². The molecule has 2 aromatic heterocycles. The van der Waals surface area contributed by atoms with Crippen molar-refractivity contribution in [2.24, 2.45) is 0 Å². The van der Waals surface area contributed by atoms with Crippen LogP contribution in [0.5, 0.6) is 11.5 Å². The van der Waals surface area contributed by atoms with E-state index in [1.807, 2.05) is 44.2 Å². The molecule has 0 radical (unpaired) electrons. The lowest BCUT2D eigenvalue weighted by molar-refractivity contribution is 0.395. The first kappa shape index (κ1) is 16.6. The van der Waals surface area contributed by atoms with Crippen LogP contribution >= 0.6 is 11.3 Å². The Labute approximate surface area is 154 Å². The second-order valence-electron chi connectivity index (χ2n) is 6.17. The first-order chi connectivity index (χ1) is 12.5. The van der Waals surface area contributed by atoms with E-state index in [2.05, 4.69) is 4.98 Å². The number of fused-ring (bicyclic) bond motifs is 3. The molecule has 0 aliphatic rings. The van der Waals surface area contributed by atoms with Gasteiger partial charge in [0.05, 0.1) is 25.3 Å². The highest BCUT2D eigenvalue weighted by molar-refractivity contribution is 7.20. The van der Waals surface area contributed by atoms with Crippen molar-refractivity contribution in [2.75, 3.05) is 14.2 Å². The van der Waals surface area contributed by atoms with Crippen LogP contribution < -0.4 is 15.0 Å². The van der Waals surface area contributed by atoms with Gasteiger partial charge < -0.3 is 9.47 Å². The molecule has 0 amide bonds. The molecule has 6 heteroatoms. The number of benzene rings is 2. The second-order valence-corrected chi connectivity index (χ2v) is 7.18. The van der Waals surface area contributed by atoms with Gasteiger partial charge in [0.15, 0.2) is 4.96 Å². The molecule has 0 unspecified atom stereocenters. The van der Waals surface area contributed by atoms with Crippen LogP contribution in [0.1, 0.15) is 11.1 Å². The average molecular weight is 366 g/mol. The second kappa shape index (κ2) is 6.14. The van der Waals surface area contributed by atoms with E-state index in [4.69, 9.17) is 9.47 Å². The summed E-state index contributed by atoms with van der Waals surface area (Å²) in [5.41, 5.74) is 4.73. The monoisotopic (exact) mass is 366 g/mol. The van der Waals surface area contributed by atoms with Crippen LogP contribution in [-0.4, -0.2) is 23.6 Å². The third-order valence-electron chi connectivity index (χ3n) is 4.59. The summed E-state index contributed by atoms with van der Waals surface area (Å²) in [6, 6.07) is 11.2. The SMILES string of the molecule is COc1ccc(-c2cc(=O)n3c(nc4cc(C)c(C)cc43)s2)c(OC)c1. The highest BCUT2D eigenvalue weighted by Crippen LogP contribution is 2.36. The number of ether oxygens (including phenoxy) is 2. The normalized spacial score (nSPS) is 11.2. The van der Waals surface area contributed by atoms with Crippen LogP contribution in [0.15, 0.2) is 41.2 Å². The van der Waals surface area contributed by atoms with Crippen molar-refractivity contribution in [3.05, 3.63) is 57.9 Å². The Morgan fingerprint density at radius 2 is 1.77 bits per heavy atom. The van der Waals surface area contributed by atoms with Gasteiger partial charge in [-0.3, -0.25) is 9.20 Å². The Balaban J connectivity index is 1.99. The van der Waals surface area contributed by atoms with Crippen LogP contribution in [0, 0.1) is 13.8 Å². The van der Waals surface area contributed by atoms with Gasteiger partial charge >= 0.3 is 0 Å². The summed E-state index contributed by atoms with van der Waals surface area (Å²) in [5.74, 6) is 1.36. The van der Waals surface area contributed by atoms with Gasteiger partial charge in [-0.15, -0.1) is 0 Å². The fourth-order valence-electron chi connectivity index (χ4n) is 3.03. The summed E-state index contributed by atoms with van der Waals surface area (Å²) >= 11 is 1.47. The number of hydrogen-bond acceptors (Lipinski definition) is 5. The Hall–Kier alpha value is -2.86. The van der Waals surface area contributed by atoms with E-state index in [0.29, 0.717) is 16.5 Å². The van der Waals surface area contributed by atoms with Crippen molar-refractivity contribution in [1.82, 2.24) is 9.38 Å². The standard InChI is InChI=1S/C20H18N2O3S/c1-11-7-15-16(8-12(11)2)22-19(23)10-18(26-20(22)21-15)14-6-5-13(24-3)9-17(14)25-4/h5-10H,1-4H3. The van der Waals surface area contributed by atoms with Gasteiger partial charge in [0.1, 0.15) is 11.5 Å². The largest absolute Gasteiger partial charge is 0.497 e. The van der Waals surface area contributed by atoms with Crippen LogP contribution in [0.4, 0.5) is 0 Å². The van der Waals surface area contributed by atoms with Gasteiger partial charge in [0, 0.05) is 22.6 Å². The first-order valence-electron chi connectivity index (χ1n) is 8.18. The molecule has 0 saturated carbocycles. The highest BCUT2D eigenvalue weighted by Gasteiger charge is 2.14. The van der Waals surface area contributed by atoms with Gasteiger partial charge in [-0.25, -0.2) is 4.98 Å². The van der Waals surface area contributed by atoms with Gasteiger partial charge in [0.2, 0.25) is 0 Å². The smallest absolute Gasteiger partial charge is 0.258 e. The predicted octanol–water partition coefficient (Wildman–Crippen LogP) is 4.21. The Bertz CT molecular complexity index is 1210. The molecule has 2 aromatic carbocycles. The zero-order valence-corrected chi connectivity index (χ0v) is 15.8. The molecule has 0 spiro atoms. The number of nitrogens with zero attached hydrogens (tertiary/aromatic N) is 2. The quantitative estimate of drug-likeness (QED) is 0.545. The zero-order chi connectivity index (χ0) is 18.4. The molecule has 0 saturated heterocycles. The van der Waals surface area contributed by atoms with Crippen LogP contribution in [0.25, 0.3) is 26.4 Å². The topological polar surface area (TPSA) is 52.8 Å². The van der Waals surface area contributed by atoms with Crippen molar-refractivity contribution in [3.8, 4) is 21.9 Å². The lowest BCUT2D eigenvalue weighted by Gasteiger charge is -2.10. The maximum Gasteiger partial charge on any atom is 0.258 e. The summed E-state index contributed by atoms with van der Waals surface area (Å²) in [5, 5.41) is 0. The number of aromatic nitrogens is 2. The van der Waals surface area contributed by atoms with E-state index in [1.165, 1.54) is 11.3 Å². The van der Waals surface area contributed by atoms with E-state index in [0.717, 1.165) is 32.6 Å². The lowest BCUT2D eigenvalue weighted by Crippen LogP contribution is -2.10. The minimum absolute atomic E-state index is 0.0997. The zero-order valence-electron chi connectivity index (χ0n) is 15.0. The van der Waals surface area contributed by atoms with Gasteiger partial charge in [0.25, 0.3) is 5.56 Å². The third-order valence-corrected chi connectivity index (χ3v) is 5.60. The first-order valence-corrected chi connectivity index (χ1v) is 8.99. The molecule has 0 bridgehead atoms. The molecule has 4 aromatic rings. The summed E-state index contributed by atoms with van der Waals surface area (Å²) < 4.78 is 12.4. The van der Waals surface area contributed by atoms with Crippen molar-refractivity contribution >= 4 is 27.3 Å². The van der Waals surface area contributed by atoms with Gasteiger partial charge in [-0.2, -0.15) is 0 Å². The Morgan fingerprint density at radius 1 is 1.00 bits per heavy atom. The summed E-state index contributed by atoms with van der Waals surface area (Å²) in [7, 11) is 3.22. The molecule has 2 heterocycles. The van der Waals surface area contributed by atoms with E-state index >= 15 is 0 Å². The number of methoxy groups -OCH3 is 2. The van der Waals surface area contributed by atoms with Crippen molar-refractivity contribution in [1.29, 1.82) is 0 Å².